The van der Waals surface area contributed by atoms with Crippen molar-refractivity contribution in [3.63, 3.8) is 0 Å². The molecule has 0 aliphatic heterocycles. The van der Waals surface area contributed by atoms with Crippen LogP contribution in [0.25, 0.3) is 24.3 Å². The summed E-state index contributed by atoms with van der Waals surface area (Å²) in [6.07, 6.45) is 14.4. The standard InChI is InChI=1S/C16H12S2/c1-2-10-12-4-3-11-9(1)13-5-6-14(10)18-16(12)8-7-15(11)17-13/h1-2,5-6H,3-4,7-8H2/b2-1?,6-5?,9-1-,10-2+,13-5+,14-6-. The Bertz CT molecular complexity index is 841. The molecule has 0 fully saturated rings. The number of fused-ring (bicyclic) bond motifs is 2. The first-order chi connectivity index (χ1) is 8.90. The lowest BCUT2D eigenvalue weighted by atomic mass is 9.94. The van der Waals surface area contributed by atoms with E-state index in [1.807, 2.05) is 22.7 Å². The van der Waals surface area contributed by atoms with E-state index >= 15 is 0 Å². The molecule has 3 aliphatic carbocycles. The Labute approximate surface area is 113 Å². The highest BCUT2D eigenvalue weighted by Crippen LogP contribution is 2.23. The van der Waals surface area contributed by atoms with Crippen LogP contribution < -0.4 is 19.5 Å². The van der Waals surface area contributed by atoms with Crippen LogP contribution in [0, 0.1) is 0 Å². The van der Waals surface area contributed by atoms with Gasteiger partial charge in [0.25, 0.3) is 0 Å². The average molecular weight is 268 g/mol. The maximum absolute atomic E-state index is 2.37. The quantitative estimate of drug-likeness (QED) is 0.664. The fourth-order valence-corrected chi connectivity index (χ4v) is 5.94. The monoisotopic (exact) mass is 268 g/mol. The lowest BCUT2D eigenvalue weighted by molar-refractivity contribution is 0.860. The first kappa shape index (κ1) is 9.76. The van der Waals surface area contributed by atoms with Gasteiger partial charge in [0, 0.05) is 18.8 Å². The van der Waals surface area contributed by atoms with E-state index in [-0.39, 0.29) is 0 Å². The topological polar surface area (TPSA) is 0 Å². The van der Waals surface area contributed by atoms with Crippen molar-refractivity contribution in [3.8, 4) is 0 Å². The van der Waals surface area contributed by atoms with Crippen LogP contribution in [-0.2, 0) is 25.7 Å². The molecule has 2 aromatic heterocycles. The maximum Gasteiger partial charge on any atom is 0.0349 e. The molecule has 0 N–H and O–H groups in total. The van der Waals surface area contributed by atoms with Crippen molar-refractivity contribution in [1.29, 1.82) is 0 Å². The molecule has 0 aromatic carbocycles. The highest BCUT2D eigenvalue weighted by atomic mass is 32.1. The summed E-state index contributed by atoms with van der Waals surface area (Å²) >= 11 is 4.04. The third-order valence-electron chi connectivity index (χ3n) is 4.33. The predicted octanol–water partition coefficient (Wildman–Crippen LogP) is 0.843. The van der Waals surface area contributed by atoms with Gasteiger partial charge in [-0.15, -0.1) is 22.7 Å². The summed E-state index contributed by atoms with van der Waals surface area (Å²) in [4.78, 5) is 3.28. The van der Waals surface area contributed by atoms with Gasteiger partial charge in [-0.1, -0.05) is 12.2 Å². The summed E-state index contributed by atoms with van der Waals surface area (Å²) in [6.45, 7) is 0. The van der Waals surface area contributed by atoms with Crippen LogP contribution in [0.2, 0.25) is 0 Å². The van der Waals surface area contributed by atoms with E-state index in [0.717, 1.165) is 0 Å². The minimum Gasteiger partial charge on any atom is -0.140 e. The van der Waals surface area contributed by atoms with E-state index in [0.29, 0.717) is 0 Å². The first-order valence-electron chi connectivity index (χ1n) is 6.55. The van der Waals surface area contributed by atoms with Gasteiger partial charge in [-0.05, 0) is 59.4 Å². The largest absolute Gasteiger partial charge is 0.140 e. The Morgan fingerprint density at radius 2 is 1.11 bits per heavy atom. The minimum atomic E-state index is 1.25. The van der Waals surface area contributed by atoms with Crippen LogP contribution >= 0.6 is 22.7 Å². The predicted molar refractivity (Wildman–Crippen MR) is 79.8 cm³/mol. The van der Waals surface area contributed by atoms with Crippen molar-refractivity contribution in [1.82, 2.24) is 0 Å². The summed E-state index contributed by atoms with van der Waals surface area (Å²) in [7, 11) is 0. The molecule has 0 radical (unpaired) electrons. The van der Waals surface area contributed by atoms with Crippen LogP contribution in [0.15, 0.2) is 0 Å². The van der Waals surface area contributed by atoms with Gasteiger partial charge in [0.2, 0.25) is 0 Å². The molecule has 3 aliphatic rings. The summed E-state index contributed by atoms with van der Waals surface area (Å²) in [6, 6.07) is 0. The highest BCUT2D eigenvalue weighted by molar-refractivity contribution is 7.11. The summed E-state index contributed by atoms with van der Waals surface area (Å²) in [5.74, 6) is 0. The number of thiophene rings is 2. The Hall–Kier alpha value is -1.12. The smallest absolute Gasteiger partial charge is 0.0349 e. The molecule has 18 heavy (non-hydrogen) atoms. The van der Waals surface area contributed by atoms with Crippen LogP contribution in [0.1, 0.15) is 20.9 Å². The molecule has 2 aromatic rings. The Morgan fingerprint density at radius 3 is 1.61 bits per heavy atom. The van der Waals surface area contributed by atoms with Crippen LogP contribution in [-0.4, -0.2) is 0 Å². The van der Waals surface area contributed by atoms with Gasteiger partial charge in [0.15, 0.2) is 0 Å². The minimum absolute atomic E-state index is 1.25. The molecule has 0 saturated heterocycles. The third kappa shape index (κ3) is 1.11. The van der Waals surface area contributed by atoms with Crippen molar-refractivity contribution in [2.45, 2.75) is 25.7 Å². The first-order valence-corrected chi connectivity index (χ1v) is 8.19. The van der Waals surface area contributed by atoms with Crippen LogP contribution in [0.4, 0.5) is 0 Å². The number of rotatable bonds is 0. The van der Waals surface area contributed by atoms with Crippen LogP contribution in [0.5, 0.6) is 0 Å². The molecule has 0 nitrogen and oxygen atoms in total. The van der Waals surface area contributed by atoms with Gasteiger partial charge < -0.3 is 0 Å². The Morgan fingerprint density at radius 1 is 0.611 bits per heavy atom. The SMILES string of the molecule is C1=c2/c3c4s/c2=C/C=c2\sc(c(\c2=C/1)CC3)CC4. The van der Waals surface area contributed by atoms with Crippen molar-refractivity contribution in [2.75, 3.05) is 0 Å². The maximum atomic E-state index is 2.37. The molecule has 88 valence electrons. The van der Waals surface area contributed by atoms with Crippen LogP contribution in [0.3, 0.4) is 0 Å². The molecule has 0 unspecified atom stereocenters. The normalized spacial score (nSPS) is 25.3. The molecular formula is C16H12S2. The van der Waals surface area contributed by atoms with Gasteiger partial charge in [-0.3, -0.25) is 0 Å². The van der Waals surface area contributed by atoms with E-state index in [1.54, 1.807) is 20.9 Å². The second kappa shape index (κ2) is 3.25. The molecule has 2 heterocycles. The van der Waals surface area contributed by atoms with Gasteiger partial charge in [-0.2, -0.15) is 0 Å². The van der Waals surface area contributed by atoms with E-state index < -0.39 is 0 Å². The number of hydrogen-bond acceptors (Lipinski definition) is 2. The van der Waals surface area contributed by atoms with Crippen molar-refractivity contribution >= 4 is 47.0 Å². The lowest BCUT2D eigenvalue weighted by Crippen LogP contribution is -2.30. The zero-order valence-corrected chi connectivity index (χ0v) is 11.6. The van der Waals surface area contributed by atoms with Gasteiger partial charge >= 0.3 is 0 Å². The van der Waals surface area contributed by atoms with Gasteiger partial charge in [-0.25, -0.2) is 0 Å². The highest BCUT2D eigenvalue weighted by Gasteiger charge is 2.19. The zero-order chi connectivity index (χ0) is 11.7. The molecular weight excluding hydrogens is 256 g/mol. The van der Waals surface area contributed by atoms with E-state index in [9.17, 15) is 0 Å². The molecule has 0 spiro atoms. The number of aryl methyl sites for hydroxylation is 2. The van der Waals surface area contributed by atoms with E-state index in [1.165, 1.54) is 45.2 Å². The average Bonchev–Trinajstić information content (AvgIpc) is 2.75. The van der Waals surface area contributed by atoms with Crippen molar-refractivity contribution < 1.29 is 0 Å². The Balaban J connectivity index is 2.18. The van der Waals surface area contributed by atoms with E-state index in [4.69, 9.17) is 0 Å². The third-order valence-corrected chi connectivity index (χ3v) is 6.87. The zero-order valence-electron chi connectivity index (χ0n) is 9.95. The van der Waals surface area contributed by atoms with Gasteiger partial charge in [0.05, 0.1) is 0 Å². The molecule has 2 heteroatoms. The molecule has 0 amide bonds. The summed E-state index contributed by atoms with van der Waals surface area (Å²) in [5.41, 5.74) is 3.28. The van der Waals surface area contributed by atoms with E-state index in [2.05, 4.69) is 24.3 Å². The summed E-state index contributed by atoms with van der Waals surface area (Å²) < 4.78 is 2.95. The van der Waals surface area contributed by atoms with Crippen molar-refractivity contribution in [2.24, 2.45) is 0 Å². The fraction of sp³-hybridized carbons (Fsp3) is 0.250. The molecule has 4 bridgehead atoms. The van der Waals surface area contributed by atoms with Gasteiger partial charge in [0.1, 0.15) is 0 Å². The lowest BCUT2D eigenvalue weighted by Gasteiger charge is -2.11. The molecule has 0 saturated carbocycles. The molecule has 0 atom stereocenters. The second-order valence-electron chi connectivity index (χ2n) is 5.23. The summed E-state index contributed by atoms with van der Waals surface area (Å²) in [5, 5.41) is 3.02. The number of hydrogen-bond donors (Lipinski definition) is 0. The Kier molecular flexibility index (Phi) is 1.76. The second-order valence-corrected chi connectivity index (χ2v) is 7.50. The molecule has 5 rings (SSSR count). The fourth-order valence-electron chi connectivity index (χ4n) is 3.46. The van der Waals surface area contributed by atoms with Crippen molar-refractivity contribution in [3.05, 3.63) is 40.4 Å².